The average Bonchev–Trinajstić information content (AvgIpc) is 2.77. The molecule has 74 valence electrons. The van der Waals surface area contributed by atoms with Gasteiger partial charge in [-0.2, -0.15) is 8.75 Å². The van der Waals surface area contributed by atoms with E-state index in [9.17, 15) is 5.11 Å². The Morgan fingerprint density at radius 2 is 2.43 bits per heavy atom. The third-order valence-corrected chi connectivity index (χ3v) is 4.23. The van der Waals surface area contributed by atoms with Crippen LogP contribution in [0.25, 0.3) is 0 Å². The number of aromatic nitrogens is 2. The monoisotopic (exact) mass is 290 g/mol. The minimum absolute atomic E-state index is 0.552. The summed E-state index contributed by atoms with van der Waals surface area (Å²) in [4.78, 5) is 1.13. The highest BCUT2D eigenvalue weighted by Crippen LogP contribution is 2.27. The molecule has 0 aliphatic rings. The number of hydrogen-bond acceptors (Lipinski definition) is 5. The number of aliphatic hydroxyl groups is 1. The molecule has 2 rings (SSSR count). The maximum Gasteiger partial charge on any atom is 0.103 e. The molecule has 0 fully saturated rings. The van der Waals surface area contributed by atoms with Gasteiger partial charge in [0.05, 0.1) is 17.9 Å². The van der Waals surface area contributed by atoms with E-state index in [2.05, 4.69) is 24.7 Å². The minimum atomic E-state index is -0.552. The fraction of sp³-hybridized carbons (Fsp3) is 0.250. The molecule has 0 bridgehead atoms. The zero-order valence-corrected chi connectivity index (χ0v) is 10.3. The Kier molecular flexibility index (Phi) is 3.27. The largest absolute Gasteiger partial charge is 0.386 e. The van der Waals surface area contributed by atoms with Crippen LogP contribution in [0.4, 0.5) is 0 Å². The van der Waals surface area contributed by atoms with E-state index in [1.165, 1.54) is 0 Å². The second-order valence-electron chi connectivity index (χ2n) is 2.74. The molecule has 1 atom stereocenters. The fourth-order valence-corrected chi connectivity index (χ4v) is 3.09. The standard InChI is InChI=1S/C8H7BrN2OS2/c9-5-1-2-13-8(5)3-7(12)6-4-10-14-11-6/h1-2,4,7,12H,3H2. The summed E-state index contributed by atoms with van der Waals surface area (Å²) in [6.45, 7) is 0. The van der Waals surface area contributed by atoms with Gasteiger partial charge in [0.15, 0.2) is 0 Å². The van der Waals surface area contributed by atoms with Gasteiger partial charge in [-0.1, -0.05) is 0 Å². The van der Waals surface area contributed by atoms with E-state index in [0.717, 1.165) is 21.1 Å². The van der Waals surface area contributed by atoms with Crippen LogP contribution in [0, 0.1) is 0 Å². The SMILES string of the molecule is OC(Cc1sccc1Br)c1cnsn1. The van der Waals surface area contributed by atoms with Crippen molar-refractivity contribution in [3.63, 3.8) is 0 Å². The van der Waals surface area contributed by atoms with Crippen LogP contribution in [-0.2, 0) is 6.42 Å². The van der Waals surface area contributed by atoms with Crippen LogP contribution in [0.15, 0.2) is 22.1 Å². The highest BCUT2D eigenvalue weighted by Gasteiger charge is 2.13. The van der Waals surface area contributed by atoms with Crippen LogP contribution in [0.1, 0.15) is 16.7 Å². The molecule has 0 saturated carbocycles. The summed E-state index contributed by atoms with van der Waals surface area (Å²) in [5.74, 6) is 0. The molecule has 6 heteroatoms. The zero-order chi connectivity index (χ0) is 9.97. The van der Waals surface area contributed by atoms with Crippen molar-refractivity contribution in [2.45, 2.75) is 12.5 Å². The molecule has 0 amide bonds. The summed E-state index contributed by atoms with van der Waals surface area (Å²) in [6.07, 6.45) is 1.64. The molecule has 1 unspecified atom stereocenters. The van der Waals surface area contributed by atoms with Gasteiger partial charge in [0.2, 0.25) is 0 Å². The molecule has 0 saturated heterocycles. The van der Waals surface area contributed by atoms with E-state index in [1.54, 1.807) is 17.5 Å². The van der Waals surface area contributed by atoms with E-state index in [0.29, 0.717) is 12.1 Å². The molecule has 2 heterocycles. The molecule has 14 heavy (non-hydrogen) atoms. The fourth-order valence-electron chi connectivity index (χ4n) is 1.07. The van der Waals surface area contributed by atoms with Crippen LogP contribution in [0.5, 0.6) is 0 Å². The number of hydrogen-bond donors (Lipinski definition) is 1. The normalized spacial score (nSPS) is 13.0. The number of halogens is 1. The van der Waals surface area contributed by atoms with Crippen LogP contribution < -0.4 is 0 Å². The third kappa shape index (κ3) is 2.20. The lowest BCUT2D eigenvalue weighted by atomic mass is 10.2. The Hall–Kier alpha value is -0.300. The number of thiophene rings is 1. The van der Waals surface area contributed by atoms with Gasteiger partial charge in [-0.3, -0.25) is 0 Å². The molecule has 0 aliphatic carbocycles. The van der Waals surface area contributed by atoms with Gasteiger partial charge in [-0.15, -0.1) is 11.3 Å². The summed E-state index contributed by atoms with van der Waals surface area (Å²) in [5, 5.41) is 11.8. The molecule has 2 aromatic rings. The molecule has 0 spiro atoms. The van der Waals surface area contributed by atoms with Gasteiger partial charge in [0, 0.05) is 15.8 Å². The topological polar surface area (TPSA) is 46.0 Å². The van der Waals surface area contributed by atoms with Crippen molar-refractivity contribution < 1.29 is 5.11 Å². The molecular weight excluding hydrogens is 284 g/mol. The Morgan fingerprint density at radius 1 is 1.57 bits per heavy atom. The summed E-state index contributed by atoms with van der Waals surface area (Å²) in [6, 6.07) is 1.98. The van der Waals surface area contributed by atoms with Crippen LogP contribution in [0.3, 0.4) is 0 Å². The lowest BCUT2D eigenvalue weighted by molar-refractivity contribution is 0.175. The summed E-state index contributed by atoms with van der Waals surface area (Å²) in [7, 11) is 0. The Bertz CT molecular complexity index is 401. The zero-order valence-electron chi connectivity index (χ0n) is 7.05. The Balaban J connectivity index is 2.09. The molecule has 0 radical (unpaired) electrons. The first-order chi connectivity index (χ1) is 6.77. The predicted octanol–water partition coefficient (Wildman–Crippen LogP) is 2.64. The van der Waals surface area contributed by atoms with Gasteiger partial charge >= 0.3 is 0 Å². The lowest BCUT2D eigenvalue weighted by Gasteiger charge is -2.05. The van der Waals surface area contributed by atoms with Crippen molar-refractivity contribution in [3.05, 3.63) is 32.7 Å². The van der Waals surface area contributed by atoms with Gasteiger partial charge in [-0.05, 0) is 27.4 Å². The van der Waals surface area contributed by atoms with Crippen molar-refractivity contribution in [2.75, 3.05) is 0 Å². The lowest BCUT2D eigenvalue weighted by Crippen LogP contribution is -2.00. The first-order valence-electron chi connectivity index (χ1n) is 3.95. The van der Waals surface area contributed by atoms with Crippen molar-refractivity contribution in [1.82, 2.24) is 8.75 Å². The molecule has 2 aromatic heterocycles. The van der Waals surface area contributed by atoms with E-state index in [1.807, 2.05) is 11.4 Å². The quantitative estimate of drug-likeness (QED) is 0.945. The maximum atomic E-state index is 9.80. The maximum absolute atomic E-state index is 9.80. The van der Waals surface area contributed by atoms with Crippen LogP contribution in [-0.4, -0.2) is 13.9 Å². The summed E-state index contributed by atoms with van der Waals surface area (Å²) < 4.78 is 8.90. The summed E-state index contributed by atoms with van der Waals surface area (Å²) >= 11 is 6.16. The molecule has 0 aliphatic heterocycles. The Labute approximate surface area is 97.9 Å². The van der Waals surface area contributed by atoms with Gasteiger partial charge in [-0.25, -0.2) is 0 Å². The minimum Gasteiger partial charge on any atom is -0.386 e. The van der Waals surface area contributed by atoms with Gasteiger partial charge < -0.3 is 5.11 Å². The van der Waals surface area contributed by atoms with E-state index >= 15 is 0 Å². The van der Waals surface area contributed by atoms with Crippen LogP contribution in [0.2, 0.25) is 0 Å². The molecule has 3 nitrogen and oxygen atoms in total. The number of nitrogens with zero attached hydrogens (tertiary/aromatic N) is 2. The van der Waals surface area contributed by atoms with Gasteiger partial charge in [0.25, 0.3) is 0 Å². The first-order valence-corrected chi connectivity index (χ1v) is 6.35. The number of aliphatic hydroxyl groups excluding tert-OH is 1. The molecular formula is C8H7BrN2OS2. The number of rotatable bonds is 3. The highest BCUT2D eigenvalue weighted by molar-refractivity contribution is 9.10. The van der Waals surface area contributed by atoms with E-state index in [4.69, 9.17) is 0 Å². The van der Waals surface area contributed by atoms with Crippen molar-refractivity contribution in [2.24, 2.45) is 0 Å². The predicted molar refractivity (Wildman–Crippen MR) is 60.6 cm³/mol. The Morgan fingerprint density at radius 3 is 3.00 bits per heavy atom. The highest BCUT2D eigenvalue weighted by atomic mass is 79.9. The van der Waals surface area contributed by atoms with E-state index in [-0.39, 0.29) is 0 Å². The average molecular weight is 291 g/mol. The van der Waals surface area contributed by atoms with Crippen molar-refractivity contribution in [3.8, 4) is 0 Å². The van der Waals surface area contributed by atoms with E-state index < -0.39 is 6.10 Å². The second-order valence-corrected chi connectivity index (χ2v) is 5.16. The first kappa shape index (κ1) is 10.2. The van der Waals surface area contributed by atoms with Gasteiger partial charge in [0.1, 0.15) is 11.8 Å². The second kappa shape index (κ2) is 4.48. The van der Waals surface area contributed by atoms with Crippen LogP contribution >= 0.6 is 39.0 Å². The van der Waals surface area contributed by atoms with Crippen molar-refractivity contribution >= 4 is 39.0 Å². The molecule has 0 aromatic carbocycles. The summed E-state index contributed by atoms with van der Waals surface area (Å²) in [5.41, 5.74) is 0.648. The van der Waals surface area contributed by atoms with Crippen molar-refractivity contribution in [1.29, 1.82) is 0 Å². The smallest absolute Gasteiger partial charge is 0.103 e. The third-order valence-electron chi connectivity index (χ3n) is 1.79. The molecule has 1 N–H and O–H groups in total.